The SMILES string of the molecule is CCC(NC)C(=O)OCCc1ccccc1. The number of carbonyl (C=O) groups is 1. The van der Waals surface area contributed by atoms with Gasteiger partial charge in [0.1, 0.15) is 6.04 Å². The predicted octanol–water partition coefficient (Wildman–Crippen LogP) is 1.77. The van der Waals surface area contributed by atoms with E-state index in [9.17, 15) is 4.79 Å². The van der Waals surface area contributed by atoms with E-state index in [4.69, 9.17) is 4.74 Å². The van der Waals surface area contributed by atoms with Gasteiger partial charge in [-0.1, -0.05) is 37.3 Å². The van der Waals surface area contributed by atoms with Crippen molar-refractivity contribution in [1.82, 2.24) is 5.32 Å². The molecule has 0 aliphatic carbocycles. The van der Waals surface area contributed by atoms with Crippen LogP contribution in [-0.2, 0) is 16.0 Å². The smallest absolute Gasteiger partial charge is 0.323 e. The summed E-state index contributed by atoms with van der Waals surface area (Å²) in [5.41, 5.74) is 1.19. The van der Waals surface area contributed by atoms with E-state index in [-0.39, 0.29) is 12.0 Å². The molecule has 0 bridgehead atoms. The summed E-state index contributed by atoms with van der Waals surface area (Å²) in [6.07, 6.45) is 1.52. The van der Waals surface area contributed by atoms with Crippen molar-refractivity contribution in [3.63, 3.8) is 0 Å². The van der Waals surface area contributed by atoms with Crippen molar-refractivity contribution in [1.29, 1.82) is 0 Å². The Kier molecular flexibility index (Phi) is 5.57. The molecule has 3 heteroatoms. The molecule has 0 fully saturated rings. The van der Waals surface area contributed by atoms with Crippen molar-refractivity contribution >= 4 is 5.97 Å². The highest BCUT2D eigenvalue weighted by atomic mass is 16.5. The van der Waals surface area contributed by atoms with Gasteiger partial charge in [-0.05, 0) is 19.0 Å². The first-order valence-corrected chi connectivity index (χ1v) is 5.65. The van der Waals surface area contributed by atoms with Crippen LogP contribution in [0.25, 0.3) is 0 Å². The zero-order chi connectivity index (χ0) is 11.8. The quantitative estimate of drug-likeness (QED) is 0.744. The van der Waals surface area contributed by atoms with Crippen LogP contribution in [0.2, 0.25) is 0 Å². The van der Waals surface area contributed by atoms with Gasteiger partial charge in [-0.3, -0.25) is 4.79 Å². The predicted molar refractivity (Wildman–Crippen MR) is 64.2 cm³/mol. The molecule has 88 valence electrons. The Balaban J connectivity index is 2.28. The van der Waals surface area contributed by atoms with E-state index in [1.165, 1.54) is 5.56 Å². The van der Waals surface area contributed by atoms with Gasteiger partial charge >= 0.3 is 5.97 Å². The molecule has 1 aromatic carbocycles. The fourth-order valence-electron chi connectivity index (χ4n) is 1.50. The van der Waals surface area contributed by atoms with Crippen LogP contribution in [0.3, 0.4) is 0 Å². The van der Waals surface area contributed by atoms with Crippen molar-refractivity contribution in [3.8, 4) is 0 Å². The minimum Gasteiger partial charge on any atom is -0.464 e. The highest BCUT2D eigenvalue weighted by Crippen LogP contribution is 2.01. The Labute approximate surface area is 96.8 Å². The van der Waals surface area contributed by atoms with Crippen LogP contribution in [0.1, 0.15) is 18.9 Å². The zero-order valence-electron chi connectivity index (χ0n) is 9.90. The summed E-state index contributed by atoms with van der Waals surface area (Å²) in [6.45, 7) is 2.40. The Morgan fingerprint density at radius 2 is 2.06 bits per heavy atom. The molecule has 0 heterocycles. The zero-order valence-corrected chi connectivity index (χ0v) is 9.90. The van der Waals surface area contributed by atoms with Gasteiger partial charge in [0.25, 0.3) is 0 Å². The lowest BCUT2D eigenvalue weighted by Gasteiger charge is -2.12. The number of rotatable bonds is 6. The molecule has 1 aromatic rings. The van der Waals surface area contributed by atoms with E-state index < -0.39 is 0 Å². The molecule has 1 atom stereocenters. The van der Waals surface area contributed by atoms with Crippen molar-refractivity contribution in [2.75, 3.05) is 13.7 Å². The van der Waals surface area contributed by atoms with Crippen LogP contribution in [-0.4, -0.2) is 25.7 Å². The number of nitrogens with one attached hydrogen (secondary N) is 1. The Hall–Kier alpha value is -1.35. The van der Waals surface area contributed by atoms with E-state index in [0.717, 1.165) is 12.8 Å². The van der Waals surface area contributed by atoms with E-state index in [0.29, 0.717) is 6.61 Å². The highest BCUT2D eigenvalue weighted by molar-refractivity contribution is 5.75. The van der Waals surface area contributed by atoms with E-state index >= 15 is 0 Å². The first-order valence-electron chi connectivity index (χ1n) is 5.65. The van der Waals surface area contributed by atoms with E-state index in [2.05, 4.69) is 5.32 Å². The summed E-state index contributed by atoms with van der Waals surface area (Å²) in [5, 5.41) is 2.93. The Morgan fingerprint density at radius 1 is 1.38 bits per heavy atom. The molecule has 1 unspecified atom stereocenters. The van der Waals surface area contributed by atoms with Gasteiger partial charge in [-0.15, -0.1) is 0 Å². The third-order valence-corrected chi connectivity index (χ3v) is 2.52. The molecule has 1 N–H and O–H groups in total. The molecule has 3 nitrogen and oxygen atoms in total. The van der Waals surface area contributed by atoms with Gasteiger partial charge in [-0.2, -0.15) is 0 Å². The molecule has 16 heavy (non-hydrogen) atoms. The Morgan fingerprint density at radius 3 is 2.62 bits per heavy atom. The van der Waals surface area contributed by atoms with Crippen molar-refractivity contribution < 1.29 is 9.53 Å². The average molecular weight is 221 g/mol. The van der Waals surface area contributed by atoms with Crippen LogP contribution in [0.5, 0.6) is 0 Å². The molecule has 0 amide bonds. The number of hydrogen-bond acceptors (Lipinski definition) is 3. The number of ether oxygens (including phenoxy) is 1. The monoisotopic (exact) mass is 221 g/mol. The van der Waals surface area contributed by atoms with Crippen LogP contribution >= 0.6 is 0 Å². The van der Waals surface area contributed by atoms with Crippen LogP contribution < -0.4 is 5.32 Å². The second-order valence-electron chi connectivity index (χ2n) is 3.65. The molecular weight excluding hydrogens is 202 g/mol. The molecule has 0 aromatic heterocycles. The van der Waals surface area contributed by atoms with Gasteiger partial charge in [0.05, 0.1) is 6.61 Å². The fourth-order valence-corrected chi connectivity index (χ4v) is 1.50. The number of hydrogen-bond donors (Lipinski definition) is 1. The summed E-state index contributed by atoms with van der Waals surface area (Å²) in [4.78, 5) is 11.5. The minimum atomic E-state index is -0.184. The van der Waals surface area contributed by atoms with E-state index in [1.807, 2.05) is 37.3 Å². The van der Waals surface area contributed by atoms with Gasteiger partial charge in [0, 0.05) is 6.42 Å². The number of benzene rings is 1. The molecule has 0 radical (unpaired) electrons. The fraction of sp³-hybridized carbons (Fsp3) is 0.462. The maximum Gasteiger partial charge on any atom is 0.323 e. The molecule has 0 saturated carbocycles. The first kappa shape index (κ1) is 12.7. The number of likely N-dealkylation sites (N-methyl/N-ethyl adjacent to an activating group) is 1. The maximum atomic E-state index is 11.5. The summed E-state index contributed by atoms with van der Waals surface area (Å²) >= 11 is 0. The second-order valence-corrected chi connectivity index (χ2v) is 3.65. The van der Waals surface area contributed by atoms with Gasteiger partial charge in [0.15, 0.2) is 0 Å². The second kappa shape index (κ2) is 7.01. The topological polar surface area (TPSA) is 38.3 Å². The Bertz CT molecular complexity index is 307. The maximum absolute atomic E-state index is 11.5. The molecule has 1 rings (SSSR count). The molecule has 0 saturated heterocycles. The van der Waals surface area contributed by atoms with Gasteiger partial charge < -0.3 is 10.1 Å². The lowest BCUT2D eigenvalue weighted by atomic mass is 10.2. The third kappa shape index (κ3) is 4.03. The van der Waals surface area contributed by atoms with Crippen molar-refractivity contribution in [2.24, 2.45) is 0 Å². The molecule has 0 aliphatic heterocycles. The van der Waals surface area contributed by atoms with Crippen LogP contribution in [0, 0.1) is 0 Å². The summed E-state index contributed by atoms with van der Waals surface area (Å²) < 4.78 is 5.19. The summed E-state index contributed by atoms with van der Waals surface area (Å²) in [6, 6.07) is 9.82. The third-order valence-electron chi connectivity index (χ3n) is 2.52. The highest BCUT2D eigenvalue weighted by Gasteiger charge is 2.14. The average Bonchev–Trinajstić information content (AvgIpc) is 2.32. The number of esters is 1. The number of carbonyl (C=O) groups excluding carboxylic acids is 1. The van der Waals surface area contributed by atoms with Crippen LogP contribution in [0.4, 0.5) is 0 Å². The van der Waals surface area contributed by atoms with Crippen LogP contribution in [0.15, 0.2) is 30.3 Å². The standard InChI is InChI=1S/C13H19NO2/c1-3-12(14-2)13(15)16-10-9-11-7-5-4-6-8-11/h4-8,12,14H,3,9-10H2,1-2H3. The normalized spacial score (nSPS) is 12.1. The van der Waals surface area contributed by atoms with E-state index in [1.54, 1.807) is 7.05 Å². The molecular formula is C13H19NO2. The van der Waals surface area contributed by atoms with Crippen molar-refractivity contribution in [3.05, 3.63) is 35.9 Å². The van der Waals surface area contributed by atoms with Gasteiger partial charge in [-0.25, -0.2) is 0 Å². The first-order chi connectivity index (χ1) is 7.77. The van der Waals surface area contributed by atoms with Crippen molar-refractivity contribution in [2.45, 2.75) is 25.8 Å². The molecule has 0 aliphatic rings. The summed E-state index contributed by atoms with van der Waals surface area (Å²) in [7, 11) is 1.77. The minimum absolute atomic E-state index is 0.166. The lowest BCUT2D eigenvalue weighted by molar-refractivity contribution is -0.146. The van der Waals surface area contributed by atoms with Gasteiger partial charge in [0.2, 0.25) is 0 Å². The lowest BCUT2D eigenvalue weighted by Crippen LogP contribution is -2.35. The molecule has 0 spiro atoms. The summed E-state index contributed by atoms with van der Waals surface area (Å²) in [5.74, 6) is -0.166. The largest absolute Gasteiger partial charge is 0.464 e.